The highest BCUT2D eigenvalue weighted by Crippen LogP contribution is 2.33. The number of imidazole rings is 1. The number of piperidine rings is 1. The van der Waals surface area contributed by atoms with Gasteiger partial charge in [0.15, 0.2) is 5.03 Å². The summed E-state index contributed by atoms with van der Waals surface area (Å²) in [5.41, 5.74) is 5.22. The molecule has 21 heavy (non-hydrogen) atoms. The molecule has 1 saturated heterocycles. The zero-order chi connectivity index (χ0) is 15.8. The van der Waals surface area contributed by atoms with Crippen molar-refractivity contribution in [3.05, 3.63) is 12.0 Å². The lowest BCUT2D eigenvalue weighted by atomic mass is 9.80. The molecule has 2 rings (SSSR count). The van der Waals surface area contributed by atoms with Gasteiger partial charge in [-0.2, -0.15) is 4.31 Å². The molecule has 0 atom stereocenters. The number of aryl methyl sites for hydroxylation is 2. The summed E-state index contributed by atoms with van der Waals surface area (Å²) in [5.74, 6) is 0.792. The van der Waals surface area contributed by atoms with Gasteiger partial charge in [-0.15, -0.1) is 0 Å². The van der Waals surface area contributed by atoms with Crippen molar-refractivity contribution >= 4 is 15.9 Å². The number of amidine groups is 1. The third-order valence-corrected chi connectivity index (χ3v) is 6.01. The fraction of sp³-hybridized carbons (Fsp3) is 0.667. The quantitative estimate of drug-likeness (QED) is 0.359. The number of hydrogen-bond donors (Lipinski definition) is 2. The monoisotopic (exact) mass is 315 g/mol. The molecule has 118 valence electrons. The van der Waals surface area contributed by atoms with Crippen molar-refractivity contribution in [2.45, 2.75) is 31.7 Å². The first kappa shape index (κ1) is 15.8. The van der Waals surface area contributed by atoms with Gasteiger partial charge in [0, 0.05) is 31.7 Å². The summed E-state index contributed by atoms with van der Waals surface area (Å²) in [7, 11) is -1.83. The lowest BCUT2D eigenvalue weighted by molar-refractivity contribution is 0.229. The molecule has 0 unspecified atom stereocenters. The van der Waals surface area contributed by atoms with E-state index in [9.17, 15) is 8.42 Å². The topological polar surface area (TPSA) is 114 Å². The van der Waals surface area contributed by atoms with Gasteiger partial charge in [0.2, 0.25) is 0 Å². The first-order chi connectivity index (χ1) is 9.70. The minimum Gasteiger partial charge on any atom is -0.409 e. The van der Waals surface area contributed by atoms with E-state index in [4.69, 9.17) is 10.9 Å². The number of nitrogens with zero attached hydrogens (tertiary/aromatic N) is 4. The van der Waals surface area contributed by atoms with E-state index in [1.165, 1.54) is 10.5 Å². The van der Waals surface area contributed by atoms with Crippen LogP contribution in [0.2, 0.25) is 0 Å². The Morgan fingerprint density at radius 3 is 2.48 bits per heavy atom. The van der Waals surface area contributed by atoms with Gasteiger partial charge >= 0.3 is 0 Å². The molecule has 0 saturated carbocycles. The maximum Gasteiger partial charge on any atom is 0.262 e. The highest BCUT2D eigenvalue weighted by molar-refractivity contribution is 7.89. The van der Waals surface area contributed by atoms with E-state index in [-0.39, 0.29) is 10.9 Å². The van der Waals surface area contributed by atoms with Gasteiger partial charge in [0.25, 0.3) is 10.0 Å². The van der Waals surface area contributed by atoms with Crippen LogP contribution in [-0.2, 0) is 17.1 Å². The van der Waals surface area contributed by atoms with E-state index in [1.807, 2.05) is 6.92 Å². The molecule has 0 spiro atoms. The predicted octanol–water partition coefficient (Wildman–Crippen LogP) is 0.266. The minimum absolute atomic E-state index is 0.0647. The van der Waals surface area contributed by atoms with Crippen LogP contribution in [0.3, 0.4) is 0 Å². The largest absolute Gasteiger partial charge is 0.409 e. The summed E-state index contributed by atoms with van der Waals surface area (Å²) in [6.45, 7) is 4.27. The maximum atomic E-state index is 12.5. The van der Waals surface area contributed by atoms with E-state index in [1.54, 1.807) is 18.5 Å². The summed E-state index contributed by atoms with van der Waals surface area (Å²) in [5, 5.41) is 11.9. The zero-order valence-corrected chi connectivity index (χ0v) is 13.3. The van der Waals surface area contributed by atoms with Crippen LogP contribution in [0.4, 0.5) is 0 Å². The van der Waals surface area contributed by atoms with Gasteiger partial charge in [0.1, 0.15) is 11.7 Å². The van der Waals surface area contributed by atoms with Crippen molar-refractivity contribution in [3.63, 3.8) is 0 Å². The summed E-state index contributed by atoms with van der Waals surface area (Å²) in [6.07, 6.45) is 2.53. The second-order valence-electron chi connectivity index (χ2n) is 5.69. The second kappa shape index (κ2) is 5.30. The van der Waals surface area contributed by atoms with Gasteiger partial charge in [-0.3, -0.25) is 0 Å². The summed E-state index contributed by atoms with van der Waals surface area (Å²) in [4.78, 5) is 4.09. The van der Waals surface area contributed by atoms with E-state index in [2.05, 4.69) is 10.1 Å². The van der Waals surface area contributed by atoms with Crippen LogP contribution in [0.15, 0.2) is 16.4 Å². The summed E-state index contributed by atoms with van der Waals surface area (Å²) < 4.78 is 28.2. The Morgan fingerprint density at radius 1 is 1.48 bits per heavy atom. The highest BCUT2D eigenvalue weighted by atomic mass is 32.2. The number of rotatable bonds is 3. The third-order valence-electron chi connectivity index (χ3n) is 4.24. The number of aromatic nitrogens is 2. The Kier molecular flexibility index (Phi) is 3.98. The van der Waals surface area contributed by atoms with E-state index in [0.29, 0.717) is 31.8 Å². The van der Waals surface area contributed by atoms with Crippen LogP contribution in [-0.4, -0.2) is 46.4 Å². The molecule has 2 heterocycles. The molecular weight excluding hydrogens is 294 g/mol. The van der Waals surface area contributed by atoms with Crippen LogP contribution < -0.4 is 5.73 Å². The van der Waals surface area contributed by atoms with Crippen molar-refractivity contribution < 1.29 is 13.6 Å². The Hall–Kier alpha value is -1.61. The van der Waals surface area contributed by atoms with Gasteiger partial charge in [-0.05, 0) is 19.8 Å². The van der Waals surface area contributed by atoms with Crippen molar-refractivity contribution in [1.82, 2.24) is 13.9 Å². The fourth-order valence-electron chi connectivity index (χ4n) is 2.38. The Labute approximate surface area is 124 Å². The summed E-state index contributed by atoms with van der Waals surface area (Å²) >= 11 is 0. The van der Waals surface area contributed by atoms with Gasteiger partial charge < -0.3 is 15.5 Å². The minimum atomic E-state index is -3.59. The molecular formula is C12H21N5O3S. The lowest BCUT2D eigenvalue weighted by Gasteiger charge is -2.37. The molecule has 1 aromatic heterocycles. The van der Waals surface area contributed by atoms with Crippen molar-refractivity contribution in [3.8, 4) is 0 Å². The molecule has 3 N–H and O–H groups in total. The van der Waals surface area contributed by atoms with Crippen molar-refractivity contribution in [2.75, 3.05) is 13.1 Å². The van der Waals surface area contributed by atoms with Gasteiger partial charge in [-0.25, -0.2) is 13.4 Å². The third kappa shape index (κ3) is 2.75. The van der Waals surface area contributed by atoms with Gasteiger partial charge in [0.05, 0.1) is 0 Å². The zero-order valence-electron chi connectivity index (χ0n) is 12.4. The van der Waals surface area contributed by atoms with Crippen LogP contribution in [0, 0.1) is 12.3 Å². The standard InChI is InChI=1S/C12H21N5O3S/c1-9-14-10(8-16(9)3)21(19,20)17-6-4-12(2,5-7-17)11(13)15-18/h8,18H,4-7H2,1-3H3,(H2,13,15). The number of sulfonamides is 1. The van der Waals surface area contributed by atoms with E-state index in [0.717, 1.165) is 0 Å². The molecule has 1 aliphatic rings. The Morgan fingerprint density at radius 2 is 2.05 bits per heavy atom. The Bertz CT molecular complexity index is 637. The van der Waals surface area contributed by atoms with Crippen LogP contribution >= 0.6 is 0 Å². The fourth-order valence-corrected chi connectivity index (χ4v) is 3.85. The SMILES string of the molecule is Cc1nc(S(=O)(=O)N2CCC(C)(C(N)=NO)CC2)cn1C. The number of oxime groups is 1. The molecule has 1 aliphatic heterocycles. The molecule has 1 aromatic rings. The average molecular weight is 315 g/mol. The van der Waals surface area contributed by atoms with Crippen LogP contribution in [0.25, 0.3) is 0 Å². The smallest absolute Gasteiger partial charge is 0.262 e. The molecule has 0 aliphatic carbocycles. The molecule has 0 aromatic carbocycles. The molecule has 9 heteroatoms. The average Bonchev–Trinajstić information content (AvgIpc) is 2.79. The lowest BCUT2D eigenvalue weighted by Crippen LogP contribution is -2.47. The molecule has 0 radical (unpaired) electrons. The highest BCUT2D eigenvalue weighted by Gasteiger charge is 2.39. The van der Waals surface area contributed by atoms with Crippen LogP contribution in [0.1, 0.15) is 25.6 Å². The van der Waals surface area contributed by atoms with Crippen molar-refractivity contribution in [2.24, 2.45) is 23.4 Å². The van der Waals surface area contributed by atoms with Crippen molar-refractivity contribution in [1.29, 1.82) is 0 Å². The second-order valence-corrected chi connectivity index (χ2v) is 7.57. The number of hydrogen-bond acceptors (Lipinski definition) is 5. The molecule has 8 nitrogen and oxygen atoms in total. The normalized spacial score (nSPS) is 20.6. The summed E-state index contributed by atoms with van der Waals surface area (Å²) in [6, 6.07) is 0. The number of nitrogens with two attached hydrogens (primary N) is 1. The first-order valence-corrected chi connectivity index (χ1v) is 8.13. The van der Waals surface area contributed by atoms with Crippen LogP contribution in [0.5, 0.6) is 0 Å². The maximum absolute atomic E-state index is 12.5. The van der Waals surface area contributed by atoms with Gasteiger partial charge in [-0.1, -0.05) is 12.1 Å². The molecule has 1 fully saturated rings. The predicted molar refractivity (Wildman–Crippen MR) is 77.5 cm³/mol. The molecule has 0 amide bonds. The van der Waals surface area contributed by atoms with E-state index < -0.39 is 15.4 Å². The van der Waals surface area contributed by atoms with E-state index >= 15 is 0 Å². The first-order valence-electron chi connectivity index (χ1n) is 6.69. The molecule has 0 bridgehead atoms. The Balaban J connectivity index is 2.18.